The van der Waals surface area contributed by atoms with Gasteiger partial charge in [-0.1, -0.05) is 0 Å². The van der Waals surface area contributed by atoms with Gasteiger partial charge in [-0.3, -0.25) is 4.79 Å². The summed E-state index contributed by atoms with van der Waals surface area (Å²) in [5.41, 5.74) is 0. The topological polar surface area (TPSA) is 58.6 Å². The lowest BCUT2D eigenvalue weighted by Gasteiger charge is -2.08. The van der Waals surface area contributed by atoms with Crippen LogP contribution in [0.4, 0.5) is 0 Å². The molecule has 1 rings (SSSR count). The average Bonchev–Trinajstić information content (AvgIpc) is 2.18. The van der Waals surface area contributed by atoms with Crippen molar-refractivity contribution in [2.24, 2.45) is 0 Å². The zero-order valence-corrected chi connectivity index (χ0v) is 4.91. The minimum Gasteiger partial charge on any atom is -0.388 e. The Hall–Kier alpha value is -0.610. The zero-order chi connectivity index (χ0) is 6.69. The summed E-state index contributed by atoms with van der Waals surface area (Å²) < 4.78 is 4.85. The SMILES string of the molecule is O=CN[C@H]1COC[C@@H]1O. The molecule has 4 heteroatoms. The molecule has 1 amide bonds. The molecule has 0 aromatic rings. The second-order valence-corrected chi connectivity index (χ2v) is 2.00. The van der Waals surface area contributed by atoms with Gasteiger partial charge in [-0.15, -0.1) is 0 Å². The van der Waals surface area contributed by atoms with E-state index in [4.69, 9.17) is 9.84 Å². The smallest absolute Gasteiger partial charge is 0.207 e. The molecule has 0 bridgehead atoms. The number of carbonyl (C=O) groups excluding carboxylic acids is 1. The fraction of sp³-hybridized carbons (Fsp3) is 0.800. The number of nitrogens with one attached hydrogen (secondary N) is 1. The molecule has 0 saturated carbocycles. The van der Waals surface area contributed by atoms with Crippen molar-refractivity contribution in [1.82, 2.24) is 5.32 Å². The van der Waals surface area contributed by atoms with Crippen LogP contribution < -0.4 is 5.32 Å². The molecule has 0 aromatic heterocycles. The van der Waals surface area contributed by atoms with Crippen LogP contribution in [0.25, 0.3) is 0 Å². The Morgan fingerprint density at radius 3 is 2.89 bits per heavy atom. The molecule has 1 saturated heterocycles. The Morgan fingerprint density at radius 1 is 1.67 bits per heavy atom. The average molecular weight is 131 g/mol. The molecule has 0 aromatic carbocycles. The second kappa shape index (κ2) is 2.80. The summed E-state index contributed by atoms with van der Waals surface area (Å²) in [6.07, 6.45) is 0.0398. The van der Waals surface area contributed by atoms with Crippen LogP contribution in [0.3, 0.4) is 0 Å². The van der Waals surface area contributed by atoms with Gasteiger partial charge in [0.1, 0.15) is 0 Å². The van der Waals surface area contributed by atoms with Crippen molar-refractivity contribution < 1.29 is 14.6 Å². The molecule has 9 heavy (non-hydrogen) atoms. The van der Waals surface area contributed by atoms with Crippen molar-refractivity contribution in [3.05, 3.63) is 0 Å². The molecule has 1 fully saturated rings. The molecule has 2 N–H and O–H groups in total. The lowest BCUT2D eigenvalue weighted by molar-refractivity contribution is -0.110. The Morgan fingerprint density at radius 2 is 2.44 bits per heavy atom. The first-order valence-corrected chi connectivity index (χ1v) is 2.80. The molecule has 0 radical (unpaired) electrons. The number of hydrogen-bond donors (Lipinski definition) is 2. The van der Waals surface area contributed by atoms with Crippen LogP contribution in [0.15, 0.2) is 0 Å². The zero-order valence-electron chi connectivity index (χ0n) is 4.91. The molecular formula is C5H9NO3. The molecule has 1 aliphatic rings. The largest absolute Gasteiger partial charge is 0.388 e. The van der Waals surface area contributed by atoms with E-state index in [1.165, 1.54) is 0 Å². The first kappa shape index (κ1) is 6.51. The fourth-order valence-electron chi connectivity index (χ4n) is 0.790. The number of hydrogen-bond acceptors (Lipinski definition) is 3. The molecule has 0 spiro atoms. The van der Waals surface area contributed by atoms with Crippen molar-refractivity contribution in [3.8, 4) is 0 Å². The van der Waals surface area contributed by atoms with Gasteiger partial charge >= 0.3 is 0 Å². The van der Waals surface area contributed by atoms with E-state index in [-0.39, 0.29) is 6.04 Å². The summed E-state index contributed by atoms with van der Waals surface area (Å²) in [7, 11) is 0. The molecule has 0 unspecified atom stereocenters. The maximum absolute atomic E-state index is 9.83. The molecule has 1 aliphatic heterocycles. The molecule has 52 valence electrons. The third-order valence-corrected chi connectivity index (χ3v) is 1.33. The van der Waals surface area contributed by atoms with E-state index >= 15 is 0 Å². The van der Waals surface area contributed by atoms with Gasteiger partial charge in [0.05, 0.1) is 25.4 Å². The third-order valence-electron chi connectivity index (χ3n) is 1.33. The molecule has 4 nitrogen and oxygen atoms in total. The van der Waals surface area contributed by atoms with E-state index < -0.39 is 6.10 Å². The number of ether oxygens (including phenoxy) is 1. The van der Waals surface area contributed by atoms with Crippen molar-refractivity contribution in [1.29, 1.82) is 0 Å². The van der Waals surface area contributed by atoms with Crippen LogP contribution in [0.5, 0.6) is 0 Å². The van der Waals surface area contributed by atoms with Crippen LogP contribution >= 0.6 is 0 Å². The lowest BCUT2D eigenvalue weighted by atomic mass is 10.2. The van der Waals surface area contributed by atoms with Gasteiger partial charge in [0, 0.05) is 0 Å². The van der Waals surface area contributed by atoms with Crippen molar-refractivity contribution in [3.63, 3.8) is 0 Å². The van der Waals surface area contributed by atoms with E-state index in [2.05, 4.69) is 5.32 Å². The molecule has 0 aliphatic carbocycles. The highest BCUT2D eigenvalue weighted by Gasteiger charge is 2.24. The van der Waals surface area contributed by atoms with Crippen LogP contribution in [0.1, 0.15) is 0 Å². The predicted molar refractivity (Wildman–Crippen MR) is 29.8 cm³/mol. The van der Waals surface area contributed by atoms with Crippen LogP contribution in [0, 0.1) is 0 Å². The fourth-order valence-corrected chi connectivity index (χ4v) is 0.790. The number of aliphatic hydroxyl groups excluding tert-OH is 1. The highest BCUT2D eigenvalue weighted by atomic mass is 16.5. The minimum atomic E-state index is -0.532. The highest BCUT2D eigenvalue weighted by Crippen LogP contribution is 2.03. The summed E-state index contributed by atoms with van der Waals surface area (Å²) in [5, 5.41) is 11.4. The maximum Gasteiger partial charge on any atom is 0.207 e. The van der Waals surface area contributed by atoms with Gasteiger partial charge in [0.25, 0.3) is 0 Å². The van der Waals surface area contributed by atoms with Crippen molar-refractivity contribution in [2.45, 2.75) is 12.1 Å². The summed E-state index contributed by atoms with van der Waals surface area (Å²) in [5.74, 6) is 0. The number of carbonyl (C=O) groups is 1. The first-order valence-electron chi connectivity index (χ1n) is 2.80. The lowest BCUT2D eigenvalue weighted by Crippen LogP contribution is -2.37. The first-order chi connectivity index (χ1) is 4.34. The van der Waals surface area contributed by atoms with Gasteiger partial charge in [0.15, 0.2) is 0 Å². The van der Waals surface area contributed by atoms with E-state index in [1.807, 2.05) is 0 Å². The molecule has 2 atom stereocenters. The Labute approximate surface area is 52.8 Å². The van der Waals surface area contributed by atoms with E-state index in [0.717, 1.165) is 0 Å². The Kier molecular flexibility index (Phi) is 2.02. The number of amides is 1. The maximum atomic E-state index is 9.83. The van der Waals surface area contributed by atoms with Gasteiger partial charge < -0.3 is 15.2 Å². The normalized spacial score (nSPS) is 34.3. The molecular weight excluding hydrogens is 122 g/mol. The summed E-state index contributed by atoms with van der Waals surface area (Å²) in [4.78, 5) is 9.83. The summed E-state index contributed by atoms with van der Waals surface area (Å²) in [6, 6.07) is -0.206. The predicted octanol–water partition coefficient (Wildman–Crippen LogP) is -1.51. The number of aliphatic hydroxyl groups is 1. The quantitative estimate of drug-likeness (QED) is 0.448. The van der Waals surface area contributed by atoms with Gasteiger partial charge in [-0.2, -0.15) is 0 Å². The Bertz CT molecular complexity index is 106. The standard InChI is InChI=1S/C5H9NO3/c7-3-6-4-1-9-2-5(4)8/h3-5,8H,1-2H2,(H,6,7)/t4-,5-/m0/s1. The second-order valence-electron chi connectivity index (χ2n) is 2.00. The van der Waals surface area contributed by atoms with Crippen LogP contribution in [0.2, 0.25) is 0 Å². The van der Waals surface area contributed by atoms with E-state index in [0.29, 0.717) is 19.6 Å². The summed E-state index contributed by atoms with van der Waals surface area (Å²) >= 11 is 0. The van der Waals surface area contributed by atoms with E-state index in [9.17, 15) is 4.79 Å². The van der Waals surface area contributed by atoms with Crippen LogP contribution in [-0.2, 0) is 9.53 Å². The van der Waals surface area contributed by atoms with Crippen LogP contribution in [-0.4, -0.2) is 36.9 Å². The third kappa shape index (κ3) is 1.40. The highest BCUT2D eigenvalue weighted by molar-refractivity contribution is 5.46. The van der Waals surface area contributed by atoms with Crippen molar-refractivity contribution >= 4 is 6.41 Å². The van der Waals surface area contributed by atoms with Crippen molar-refractivity contribution in [2.75, 3.05) is 13.2 Å². The minimum absolute atomic E-state index is 0.206. The summed E-state index contributed by atoms with van der Waals surface area (Å²) in [6.45, 7) is 0.741. The number of rotatable bonds is 2. The van der Waals surface area contributed by atoms with Gasteiger partial charge in [0.2, 0.25) is 6.41 Å². The Balaban J connectivity index is 2.30. The molecule has 1 heterocycles. The van der Waals surface area contributed by atoms with Gasteiger partial charge in [-0.25, -0.2) is 0 Å². The monoisotopic (exact) mass is 131 g/mol. The van der Waals surface area contributed by atoms with E-state index in [1.54, 1.807) is 0 Å². The van der Waals surface area contributed by atoms with Gasteiger partial charge in [-0.05, 0) is 0 Å².